The van der Waals surface area contributed by atoms with Crippen LogP contribution in [0.3, 0.4) is 0 Å². The fourth-order valence-electron chi connectivity index (χ4n) is 3.85. The number of nitrogens with zero attached hydrogens (tertiary/aromatic N) is 1. The number of methoxy groups -OCH3 is 3. The second-order valence-corrected chi connectivity index (χ2v) is 6.74. The van der Waals surface area contributed by atoms with Crippen molar-refractivity contribution in [2.75, 3.05) is 46.0 Å². The number of hydrogen-bond acceptors (Lipinski definition) is 7. The van der Waals surface area contributed by atoms with E-state index in [2.05, 4.69) is 0 Å². The molecule has 0 bridgehead atoms. The summed E-state index contributed by atoms with van der Waals surface area (Å²) >= 11 is 0. The van der Waals surface area contributed by atoms with Gasteiger partial charge in [0.2, 0.25) is 5.75 Å². The number of benzene rings is 2. The summed E-state index contributed by atoms with van der Waals surface area (Å²) in [6, 6.07) is 8.82. The summed E-state index contributed by atoms with van der Waals surface area (Å²) in [4.78, 5) is 25.5. The average Bonchev–Trinajstić information content (AvgIpc) is 3.33. The molecule has 0 aromatic heterocycles. The van der Waals surface area contributed by atoms with Crippen LogP contribution in [0.15, 0.2) is 30.3 Å². The summed E-state index contributed by atoms with van der Waals surface area (Å²) in [6.45, 7) is -0.00909. The maximum atomic E-state index is 13.0. The summed E-state index contributed by atoms with van der Waals surface area (Å²) in [5.74, 6) is -1.86. The van der Waals surface area contributed by atoms with Gasteiger partial charge in [-0.15, -0.1) is 0 Å². The Morgan fingerprint density at radius 2 is 1.67 bits per heavy atom. The van der Waals surface area contributed by atoms with Crippen molar-refractivity contribution in [3.05, 3.63) is 35.9 Å². The maximum Gasteiger partial charge on any atom is 0.323 e. The van der Waals surface area contributed by atoms with Crippen LogP contribution in [0, 0.1) is 0 Å². The van der Waals surface area contributed by atoms with E-state index < -0.39 is 24.2 Å². The molecule has 0 unspecified atom stereocenters. The Bertz CT molecular complexity index is 987. The number of fused-ring (bicyclic) bond motifs is 2. The molecule has 0 aliphatic carbocycles. The zero-order valence-electron chi connectivity index (χ0n) is 16.8. The fraction of sp³-hybridized carbons (Fsp3) is 0.333. The number of anilines is 1. The van der Waals surface area contributed by atoms with Gasteiger partial charge in [-0.05, 0) is 35.4 Å². The molecule has 1 saturated heterocycles. The smallest absolute Gasteiger partial charge is 0.323 e. The first kappa shape index (κ1) is 20.0. The van der Waals surface area contributed by atoms with Gasteiger partial charge in [0.15, 0.2) is 11.5 Å². The Kier molecular flexibility index (Phi) is 5.00. The molecule has 2 aromatic rings. The first-order chi connectivity index (χ1) is 14.4. The summed E-state index contributed by atoms with van der Waals surface area (Å²) in [6.07, 6.45) is 0. The van der Waals surface area contributed by atoms with E-state index in [4.69, 9.17) is 23.7 Å². The Hall–Kier alpha value is -3.30. The minimum Gasteiger partial charge on any atom is -0.493 e. The van der Waals surface area contributed by atoms with E-state index in [0.29, 0.717) is 28.5 Å². The minimum absolute atomic E-state index is 0.237. The molecule has 9 heteroatoms. The normalized spacial score (nSPS) is 16.6. The van der Waals surface area contributed by atoms with Crippen LogP contribution >= 0.6 is 0 Å². The Labute approximate surface area is 172 Å². The number of carbonyl (C=O) groups excluding carboxylic acids is 1. The molecule has 1 amide bonds. The summed E-state index contributed by atoms with van der Waals surface area (Å²) in [5, 5.41) is 9.23. The molecule has 9 nitrogen and oxygen atoms in total. The van der Waals surface area contributed by atoms with Gasteiger partial charge in [0.1, 0.15) is 6.54 Å². The molecule has 158 valence electrons. The monoisotopic (exact) mass is 415 g/mol. The van der Waals surface area contributed by atoms with Crippen LogP contribution in [0.25, 0.3) is 11.1 Å². The number of carbonyl (C=O) groups is 2. The Morgan fingerprint density at radius 3 is 2.20 bits per heavy atom. The lowest BCUT2D eigenvalue weighted by Crippen LogP contribution is -2.43. The molecule has 0 saturated carbocycles. The summed E-state index contributed by atoms with van der Waals surface area (Å²) in [7, 11) is 4.58. The third-order valence-electron chi connectivity index (χ3n) is 5.15. The zero-order valence-corrected chi connectivity index (χ0v) is 16.8. The van der Waals surface area contributed by atoms with Crippen LogP contribution in [-0.2, 0) is 24.8 Å². The zero-order chi connectivity index (χ0) is 21.5. The summed E-state index contributed by atoms with van der Waals surface area (Å²) < 4.78 is 27.6. The van der Waals surface area contributed by atoms with E-state index >= 15 is 0 Å². The van der Waals surface area contributed by atoms with E-state index in [9.17, 15) is 14.7 Å². The van der Waals surface area contributed by atoms with Crippen LogP contribution in [0.1, 0.15) is 5.56 Å². The third-order valence-corrected chi connectivity index (χ3v) is 5.15. The highest BCUT2D eigenvalue weighted by Gasteiger charge is 2.56. The van der Waals surface area contributed by atoms with Gasteiger partial charge >= 0.3 is 5.97 Å². The van der Waals surface area contributed by atoms with Gasteiger partial charge in [-0.2, -0.15) is 0 Å². The number of amides is 1. The van der Waals surface area contributed by atoms with E-state index in [-0.39, 0.29) is 13.2 Å². The van der Waals surface area contributed by atoms with Crippen molar-refractivity contribution in [1.82, 2.24) is 0 Å². The van der Waals surface area contributed by atoms with E-state index in [1.165, 1.54) is 26.2 Å². The van der Waals surface area contributed by atoms with Crippen molar-refractivity contribution in [1.29, 1.82) is 0 Å². The van der Waals surface area contributed by atoms with E-state index in [1.807, 2.05) is 0 Å². The molecule has 2 aromatic carbocycles. The number of hydrogen-bond donors (Lipinski definition) is 1. The second kappa shape index (κ2) is 7.51. The van der Waals surface area contributed by atoms with E-state index in [0.717, 1.165) is 11.1 Å². The maximum absolute atomic E-state index is 13.0. The Morgan fingerprint density at radius 1 is 1.03 bits per heavy atom. The largest absolute Gasteiger partial charge is 0.493 e. The van der Waals surface area contributed by atoms with Gasteiger partial charge < -0.3 is 28.8 Å². The molecule has 1 spiro atoms. The molecule has 2 aliphatic rings. The molecule has 1 fully saturated rings. The quantitative estimate of drug-likeness (QED) is 0.764. The van der Waals surface area contributed by atoms with Crippen LogP contribution in [0.4, 0.5) is 5.69 Å². The molecule has 1 N–H and O–H groups in total. The van der Waals surface area contributed by atoms with Crippen molar-refractivity contribution in [3.8, 4) is 28.4 Å². The van der Waals surface area contributed by atoms with Crippen LogP contribution < -0.4 is 19.1 Å². The van der Waals surface area contributed by atoms with Crippen molar-refractivity contribution in [2.24, 2.45) is 0 Å². The highest BCUT2D eigenvalue weighted by atomic mass is 16.7. The molecule has 2 heterocycles. The SMILES string of the molecule is COc1cc(-c2ccc3c(c2)C2(OCCO2)C(=O)N3CC(=O)O)cc(OC)c1OC. The lowest BCUT2D eigenvalue weighted by molar-refractivity contribution is -0.181. The molecule has 0 atom stereocenters. The average molecular weight is 415 g/mol. The van der Waals surface area contributed by atoms with Gasteiger partial charge in [-0.25, -0.2) is 0 Å². The number of aliphatic carboxylic acids is 1. The first-order valence-electron chi connectivity index (χ1n) is 9.21. The molecule has 0 radical (unpaired) electrons. The van der Waals surface area contributed by atoms with Crippen LogP contribution in [-0.4, -0.2) is 58.1 Å². The van der Waals surface area contributed by atoms with Gasteiger partial charge in [-0.1, -0.05) is 6.07 Å². The Balaban J connectivity index is 1.86. The first-order valence-corrected chi connectivity index (χ1v) is 9.21. The van der Waals surface area contributed by atoms with Crippen LogP contribution in [0.5, 0.6) is 17.2 Å². The van der Waals surface area contributed by atoms with Gasteiger partial charge in [0.05, 0.1) is 40.2 Å². The second-order valence-electron chi connectivity index (χ2n) is 6.74. The van der Waals surface area contributed by atoms with Crippen molar-refractivity contribution < 1.29 is 38.4 Å². The third kappa shape index (κ3) is 2.94. The van der Waals surface area contributed by atoms with Crippen molar-refractivity contribution >= 4 is 17.6 Å². The minimum atomic E-state index is -1.62. The molecular weight excluding hydrogens is 394 g/mol. The highest BCUT2D eigenvalue weighted by Crippen LogP contribution is 2.48. The topological polar surface area (TPSA) is 104 Å². The lowest BCUT2D eigenvalue weighted by Gasteiger charge is -2.21. The van der Waals surface area contributed by atoms with E-state index in [1.54, 1.807) is 30.3 Å². The van der Waals surface area contributed by atoms with Crippen LogP contribution in [0.2, 0.25) is 0 Å². The molecule has 4 rings (SSSR count). The number of ether oxygens (including phenoxy) is 5. The number of rotatable bonds is 6. The van der Waals surface area contributed by atoms with Gasteiger partial charge in [0.25, 0.3) is 11.7 Å². The summed E-state index contributed by atoms with van der Waals surface area (Å²) in [5.41, 5.74) is 2.42. The predicted octanol–water partition coefficient (Wildman–Crippen LogP) is 2.01. The van der Waals surface area contributed by atoms with Crippen molar-refractivity contribution in [2.45, 2.75) is 5.79 Å². The molecular formula is C21H21NO8. The fourth-order valence-corrected chi connectivity index (χ4v) is 3.85. The number of carboxylic acids is 1. The lowest BCUT2D eigenvalue weighted by atomic mass is 9.98. The van der Waals surface area contributed by atoms with Gasteiger partial charge in [0, 0.05) is 5.56 Å². The predicted molar refractivity (Wildman–Crippen MR) is 105 cm³/mol. The number of carboxylic acid groups (broad SMARTS) is 1. The standard InChI is InChI=1S/C21H21NO8/c1-26-16-9-13(10-17(27-2)19(16)28-3)12-4-5-15-14(8-12)21(29-6-7-30-21)20(25)22(15)11-18(23)24/h4-5,8-10H,6-7,11H2,1-3H3,(H,23,24). The molecule has 2 aliphatic heterocycles. The van der Waals surface area contributed by atoms with Gasteiger partial charge in [-0.3, -0.25) is 14.5 Å². The highest BCUT2D eigenvalue weighted by molar-refractivity contribution is 6.09. The van der Waals surface area contributed by atoms with Crippen molar-refractivity contribution in [3.63, 3.8) is 0 Å². The molecule has 30 heavy (non-hydrogen) atoms.